The van der Waals surface area contributed by atoms with Gasteiger partial charge in [-0.25, -0.2) is 4.98 Å². The number of thiazole rings is 1. The minimum Gasteiger partial charge on any atom is -0.493 e. The van der Waals surface area contributed by atoms with Crippen LogP contribution in [0.5, 0.6) is 5.75 Å². The predicted molar refractivity (Wildman–Crippen MR) is 85.1 cm³/mol. The third-order valence-electron chi connectivity index (χ3n) is 3.43. The highest BCUT2D eigenvalue weighted by atomic mass is 32.1. The quantitative estimate of drug-likeness (QED) is 0.840. The van der Waals surface area contributed by atoms with Crippen molar-refractivity contribution in [3.05, 3.63) is 28.0 Å². The fraction of sp³-hybridized carbons (Fsp3) is 0.571. The predicted octanol–water partition coefficient (Wildman–Crippen LogP) is 1.53. The lowest BCUT2D eigenvalue weighted by atomic mass is 10.1. The summed E-state index contributed by atoms with van der Waals surface area (Å²) in [6.07, 6.45) is 1.78. The van der Waals surface area contributed by atoms with Crippen LogP contribution in [0, 0.1) is 6.92 Å². The topological polar surface area (TPSA) is 55.2 Å². The summed E-state index contributed by atoms with van der Waals surface area (Å²) in [5.74, 6) is 0.806. The Morgan fingerprint density at radius 3 is 2.76 bits per heavy atom. The number of methoxy groups -OCH3 is 1. The van der Waals surface area contributed by atoms with Crippen molar-refractivity contribution in [2.24, 2.45) is 0 Å². The molecule has 2 rings (SSSR count). The van der Waals surface area contributed by atoms with E-state index in [0.717, 1.165) is 30.2 Å². The molecule has 0 aliphatic rings. The van der Waals surface area contributed by atoms with Crippen LogP contribution in [0.3, 0.4) is 0 Å². The third kappa shape index (κ3) is 3.42. The molecule has 0 bridgehead atoms. The monoisotopic (exact) mass is 309 g/mol. The molecule has 0 saturated heterocycles. The molecule has 0 aliphatic carbocycles. The Morgan fingerprint density at radius 2 is 2.24 bits per heavy atom. The summed E-state index contributed by atoms with van der Waals surface area (Å²) < 4.78 is 7.51. The van der Waals surface area contributed by atoms with Crippen molar-refractivity contribution in [3.63, 3.8) is 0 Å². The van der Waals surface area contributed by atoms with Crippen LogP contribution in [0.15, 0.2) is 11.7 Å². The van der Waals surface area contributed by atoms with Gasteiger partial charge in [0.2, 0.25) is 0 Å². The van der Waals surface area contributed by atoms with Gasteiger partial charge in [-0.15, -0.1) is 11.3 Å². The first-order valence-electron chi connectivity index (χ1n) is 6.90. The van der Waals surface area contributed by atoms with Crippen molar-refractivity contribution in [2.45, 2.75) is 19.5 Å². The molecule has 0 spiro atoms. The average Bonchev–Trinajstić information content (AvgIpc) is 3.05. The fourth-order valence-corrected chi connectivity index (χ4v) is 3.19. The zero-order valence-corrected chi connectivity index (χ0v) is 14.1. The van der Waals surface area contributed by atoms with Gasteiger partial charge in [-0.1, -0.05) is 0 Å². The Morgan fingerprint density at radius 1 is 1.48 bits per heavy atom. The smallest absolute Gasteiger partial charge is 0.161 e. The second-order valence-electron chi connectivity index (χ2n) is 5.15. The third-order valence-corrected chi connectivity index (χ3v) is 4.43. The Labute approximate surface area is 129 Å². The molecule has 0 fully saturated rings. The summed E-state index contributed by atoms with van der Waals surface area (Å²) in [5.41, 5.74) is 3.97. The minimum atomic E-state index is 0.0390. The van der Waals surface area contributed by atoms with Gasteiger partial charge in [0.05, 0.1) is 42.0 Å². The van der Waals surface area contributed by atoms with E-state index < -0.39 is 0 Å². The second kappa shape index (κ2) is 7.02. The number of nitrogens with zero attached hydrogens (tertiary/aromatic N) is 4. The molecule has 21 heavy (non-hydrogen) atoms. The lowest BCUT2D eigenvalue weighted by Gasteiger charge is -2.19. The van der Waals surface area contributed by atoms with Crippen LogP contribution in [-0.4, -0.2) is 54.5 Å². The maximum absolute atomic E-state index is 5.50. The molecule has 2 heterocycles. The van der Waals surface area contributed by atoms with Crippen LogP contribution < -0.4 is 10.1 Å². The molecule has 1 atom stereocenters. The maximum Gasteiger partial charge on any atom is 0.161 e. The normalized spacial score (nSPS) is 12.9. The van der Waals surface area contributed by atoms with E-state index in [1.165, 1.54) is 4.88 Å². The second-order valence-corrected chi connectivity index (χ2v) is 6.03. The number of hydrogen-bond donors (Lipinski definition) is 1. The van der Waals surface area contributed by atoms with Crippen molar-refractivity contribution < 1.29 is 4.74 Å². The van der Waals surface area contributed by atoms with E-state index in [2.05, 4.69) is 34.4 Å². The van der Waals surface area contributed by atoms with Crippen molar-refractivity contribution in [3.8, 4) is 5.75 Å². The van der Waals surface area contributed by atoms with E-state index in [-0.39, 0.29) is 6.04 Å². The van der Waals surface area contributed by atoms with Crippen LogP contribution >= 0.6 is 11.3 Å². The maximum atomic E-state index is 5.50. The van der Waals surface area contributed by atoms with E-state index in [4.69, 9.17) is 4.74 Å². The molecule has 0 saturated carbocycles. The van der Waals surface area contributed by atoms with Crippen molar-refractivity contribution in [1.82, 2.24) is 25.0 Å². The number of hydrogen-bond acceptors (Lipinski definition) is 6. The Balaban J connectivity index is 2.39. The summed E-state index contributed by atoms with van der Waals surface area (Å²) in [7, 11) is 7.75. The minimum absolute atomic E-state index is 0.0390. The van der Waals surface area contributed by atoms with Crippen LogP contribution in [0.25, 0.3) is 0 Å². The van der Waals surface area contributed by atoms with E-state index in [1.807, 2.05) is 24.2 Å². The number of ether oxygens (including phenoxy) is 1. The van der Waals surface area contributed by atoms with Crippen LogP contribution in [0.4, 0.5) is 0 Å². The van der Waals surface area contributed by atoms with Gasteiger partial charge in [0.25, 0.3) is 0 Å². The Bertz CT molecular complexity index is 578. The van der Waals surface area contributed by atoms with Gasteiger partial charge >= 0.3 is 0 Å². The van der Waals surface area contributed by atoms with Gasteiger partial charge in [0.15, 0.2) is 5.75 Å². The SMILES string of the molecule is CNC(c1scnc1C)c1c(OC)cnn1CCN(C)C. The number of likely N-dealkylation sites (N-methyl/N-ethyl adjacent to an activating group) is 1. The molecular formula is C14H23N5OS. The molecule has 7 heteroatoms. The Kier molecular flexibility index (Phi) is 5.33. The summed E-state index contributed by atoms with van der Waals surface area (Å²) in [5, 5.41) is 7.84. The molecule has 0 aliphatic heterocycles. The number of aromatic nitrogens is 3. The van der Waals surface area contributed by atoms with Gasteiger partial charge < -0.3 is 15.0 Å². The largest absolute Gasteiger partial charge is 0.493 e. The molecule has 2 aromatic rings. The highest BCUT2D eigenvalue weighted by molar-refractivity contribution is 7.09. The van der Waals surface area contributed by atoms with Gasteiger partial charge in [0, 0.05) is 6.54 Å². The zero-order chi connectivity index (χ0) is 15.4. The number of rotatable bonds is 7. The molecule has 0 radical (unpaired) electrons. The average molecular weight is 309 g/mol. The lowest BCUT2D eigenvalue weighted by molar-refractivity contribution is 0.361. The molecule has 0 amide bonds. The van der Waals surface area contributed by atoms with Crippen molar-refractivity contribution in [1.29, 1.82) is 0 Å². The van der Waals surface area contributed by atoms with E-state index >= 15 is 0 Å². The molecule has 6 nitrogen and oxygen atoms in total. The van der Waals surface area contributed by atoms with Gasteiger partial charge in [-0.2, -0.15) is 5.10 Å². The molecule has 1 unspecified atom stereocenters. The summed E-state index contributed by atoms with van der Waals surface area (Å²) >= 11 is 1.65. The van der Waals surface area contributed by atoms with E-state index in [9.17, 15) is 0 Å². The van der Waals surface area contributed by atoms with E-state index in [0.29, 0.717) is 0 Å². The first-order valence-corrected chi connectivity index (χ1v) is 7.78. The van der Waals surface area contributed by atoms with Gasteiger partial charge in [0.1, 0.15) is 5.69 Å². The zero-order valence-electron chi connectivity index (χ0n) is 13.3. The van der Waals surface area contributed by atoms with Crippen LogP contribution in [0.2, 0.25) is 0 Å². The van der Waals surface area contributed by atoms with Crippen LogP contribution in [0.1, 0.15) is 22.3 Å². The van der Waals surface area contributed by atoms with Crippen molar-refractivity contribution >= 4 is 11.3 Å². The van der Waals surface area contributed by atoms with Crippen LogP contribution in [-0.2, 0) is 6.54 Å². The Hall–Kier alpha value is -1.44. The number of aryl methyl sites for hydroxylation is 1. The summed E-state index contributed by atoms with van der Waals surface area (Å²) in [4.78, 5) is 7.69. The molecular weight excluding hydrogens is 286 g/mol. The van der Waals surface area contributed by atoms with Crippen molar-refractivity contribution in [2.75, 3.05) is 34.8 Å². The number of nitrogens with one attached hydrogen (secondary N) is 1. The molecule has 1 N–H and O–H groups in total. The van der Waals surface area contributed by atoms with Gasteiger partial charge in [-0.05, 0) is 28.1 Å². The first-order chi connectivity index (χ1) is 10.1. The molecule has 2 aromatic heterocycles. The van der Waals surface area contributed by atoms with E-state index in [1.54, 1.807) is 24.6 Å². The summed E-state index contributed by atoms with van der Waals surface area (Å²) in [6.45, 7) is 3.78. The first kappa shape index (κ1) is 15.9. The fourth-order valence-electron chi connectivity index (χ4n) is 2.28. The standard InChI is InChI=1S/C14H23N5OS/c1-10-14(21-9-16-10)12(15-2)13-11(20-5)8-17-19(13)7-6-18(3)4/h8-9,12,15H,6-7H2,1-5H3. The van der Waals surface area contributed by atoms with Gasteiger partial charge in [-0.3, -0.25) is 4.68 Å². The summed E-state index contributed by atoms with van der Waals surface area (Å²) in [6, 6.07) is 0.0390. The molecule has 0 aromatic carbocycles. The highest BCUT2D eigenvalue weighted by Gasteiger charge is 2.25. The highest BCUT2D eigenvalue weighted by Crippen LogP contribution is 2.33. The molecule has 116 valence electrons. The lowest BCUT2D eigenvalue weighted by Crippen LogP contribution is -2.25.